The van der Waals surface area contributed by atoms with Crippen molar-refractivity contribution in [2.45, 2.75) is 65.1 Å². The van der Waals surface area contributed by atoms with Gasteiger partial charge < -0.3 is 20.9 Å². The molecule has 2 amide bonds. The minimum absolute atomic E-state index is 0.00270. The van der Waals surface area contributed by atoms with Gasteiger partial charge in [0.2, 0.25) is 11.9 Å². The van der Waals surface area contributed by atoms with Gasteiger partial charge in [-0.15, -0.1) is 0 Å². The predicted octanol–water partition coefficient (Wildman–Crippen LogP) is 2.91. The van der Waals surface area contributed by atoms with Gasteiger partial charge in [0, 0.05) is 24.3 Å². The van der Waals surface area contributed by atoms with Crippen LogP contribution in [-0.4, -0.2) is 40.4 Å². The van der Waals surface area contributed by atoms with Crippen molar-refractivity contribution in [3.05, 3.63) is 41.1 Å². The highest BCUT2D eigenvalue weighted by Crippen LogP contribution is 2.31. The fourth-order valence-electron chi connectivity index (χ4n) is 4.42. The monoisotopic (exact) mass is 422 g/mol. The van der Waals surface area contributed by atoms with Crippen LogP contribution in [0.4, 0.5) is 17.5 Å². The Morgan fingerprint density at radius 1 is 1.16 bits per heavy atom. The molecule has 2 aromatic rings. The maximum atomic E-state index is 12.4. The quantitative estimate of drug-likeness (QED) is 0.662. The van der Waals surface area contributed by atoms with Crippen LogP contribution in [0.5, 0.6) is 0 Å². The number of hydrogen-bond donors (Lipinski definition) is 3. The molecule has 1 aromatic carbocycles. The van der Waals surface area contributed by atoms with Crippen molar-refractivity contribution in [3.63, 3.8) is 0 Å². The molecule has 0 radical (unpaired) electrons. The number of anilines is 3. The molecule has 3 N–H and O–H groups in total. The van der Waals surface area contributed by atoms with Crippen LogP contribution in [0.25, 0.3) is 0 Å². The van der Waals surface area contributed by atoms with Crippen molar-refractivity contribution in [1.29, 1.82) is 0 Å². The SMILES string of the molecule is CCNC(=O)Cc1ccc(Nc2nc(N3C(C)CCCC3C)nc3c2C(=O)NC3)cc1. The molecule has 164 valence electrons. The second kappa shape index (κ2) is 8.91. The Balaban J connectivity index is 1.61. The largest absolute Gasteiger partial charge is 0.356 e. The van der Waals surface area contributed by atoms with Crippen LogP contribution in [0.1, 0.15) is 61.6 Å². The molecule has 1 fully saturated rings. The first-order valence-electron chi connectivity index (χ1n) is 11.1. The molecule has 2 aliphatic heterocycles. The van der Waals surface area contributed by atoms with Gasteiger partial charge in [0.1, 0.15) is 11.4 Å². The number of nitrogens with one attached hydrogen (secondary N) is 3. The molecule has 0 saturated carbocycles. The molecule has 31 heavy (non-hydrogen) atoms. The maximum absolute atomic E-state index is 12.4. The zero-order valence-electron chi connectivity index (χ0n) is 18.4. The van der Waals surface area contributed by atoms with Crippen molar-refractivity contribution >= 4 is 29.3 Å². The van der Waals surface area contributed by atoms with Crippen LogP contribution in [0.15, 0.2) is 24.3 Å². The summed E-state index contributed by atoms with van der Waals surface area (Å²) in [6.07, 6.45) is 3.77. The Labute approximate surface area is 182 Å². The van der Waals surface area contributed by atoms with Crippen LogP contribution >= 0.6 is 0 Å². The molecule has 2 aliphatic rings. The van der Waals surface area contributed by atoms with E-state index in [4.69, 9.17) is 9.97 Å². The topological polar surface area (TPSA) is 99.2 Å². The van der Waals surface area contributed by atoms with E-state index in [1.807, 2.05) is 31.2 Å². The number of nitrogens with zero attached hydrogens (tertiary/aromatic N) is 3. The van der Waals surface area contributed by atoms with E-state index in [9.17, 15) is 9.59 Å². The summed E-state index contributed by atoms with van der Waals surface area (Å²) >= 11 is 0. The number of piperidine rings is 1. The lowest BCUT2D eigenvalue weighted by Gasteiger charge is -2.39. The number of carbonyl (C=O) groups excluding carboxylic acids is 2. The molecule has 0 aliphatic carbocycles. The van der Waals surface area contributed by atoms with Gasteiger partial charge in [-0.3, -0.25) is 9.59 Å². The minimum atomic E-state index is -0.156. The van der Waals surface area contributed by atoms with Crippen molar-refractivity contribution in [2.75, 3.05) is 16.8 Å². The number of aromatic nitrogens is 2. The van der Waals surface area contributed by atoms with Crippen molar-refractivity contribution in [3.8, 4) is 0 Å². The Hall–Kier alpha value is -3.16. The smallest absolute Gasteiger partial charge is 0.257 e. The maximum Gasteiger partial charge on any atom is 0.257 e. The highest BCUT2D eigenvalue weighted by atomic mass is 16.2. The van der Waals surface area contributed by atoms with Gasteiger partial charge in [-0.1, -0.05) is 12.1 Å². The second-order valence-electron chi connectivity index (χ2n) is 8.37. The van der Waals surface area contributed by atoms with E-state index in [0.29, 0.717) is 48.9 Å². The highest BCUT2D eigenvalue weighted by molar-refractivity contribution is 6.02. The Morgan fingerprint density at radius 3 is 2.55 bits per heavy atom. The molecule has 4 rings (SSSR count). The Bertz CT molecular complexity index is 965. The van der Waals surface area contributed by atoms with E-state index in [-0.39, 0.29) is 11.8 Å². The molecular weight excluding hydrogens is 392 g/mol. The summed E-state index contributed by atoms with van der Waals surface area (Å²) in [4.78, 5) is 36.0. The second-order valence-corrected chi connectivity index (χ2v) is 8.37. The zero-order valence-corrected chi connectivity index (χ0v) is 18.4. The van der Waals surface area contributed by atoms with Gasteiger partial charge in [-0.05, 0) is 57.7 Å². The van der Waals surface area contributed by atoms with E-state index >= 15 is 0 Å². The zero-order chi connectivity index (χ0) is 22.0. The molecule has 2 atom stereocenters. The summed E-state index contributed by atoms with van der Waals surface area (Å²) in [5, 5.41) is 8.98. The van der Waals surface area contributed by atoms with Crippen LogP contribution in [0.2, 0.25) is 0 Å². The van der Waals surface area contributed by atoms with E-state index in [0.717, 1.165) is 29.8 Å². The molecule has 0 bridgehead atoms. The summed E-state index contributed by atoms with van der Waals surface area (Å²) in [5.74, 6) is 1.04. The average molecular weight is 423 g/mol. The molecular formula is C23H30N6O2. The van der Waals surface area contributed by atoms with Crippen LogP contribution in [0, 0.1) is 0 Å². The first-order chi connectivity index (χ1) is 15.0. The van der Waals surface area contributed by atoms with Crippen LogP contribution in [-0.2, 0) is 17.8 Å². The molecule has 2 unspecified atom stereocenters. The standard InChI is InChI=1S/C23H30N6O2/c1-4-24-19(30)12-16-8-10-17(11-9-16)26-21-20-18(13-25-22(20)31)27-23(28-21)29-14(2)6-5-7-15(29)3/h8-11,14-15H,4-7,12-13H2,1-3H3,(H,24,30)(H,25,31)(H,26,27,28). The van der Waals surface area contributed by atoms with Crippen molar-refractivity contribution < 1.29 is 9.59 Å². The molecule has 3 heterocycles. The third kappa shape index (κ3) is 4.47. The Kier molecular flexibility index (Phi) is 6.06. The lowest BCUT2D eigenvalue weighted by Crippen LogP contribution is -2.45. The van der Waals surface area contributed by atoms with Crippen LogP contribution in [0.3, 0.4) is 0 Å². The van der Waals surface area contributed by atoms with Gasteiger partial charge in [-0.25, -0.2) is 4.98 Å². The first-order valence-corrected chi connectivity index (χ1v) is 11.1. The fraction of sp³-hybridized carbons (Fsp3) is 0.478. The molecule has 0 spiro atoms. The van der Waals surface area contributed by atoms with Crippen molar-refractivity contribution in [1.82, 2.24) is 20.6 Å². The first kappa shape index (κ1) is 21.1. The number of likely N-dealkylation sites (N-methyl/N-ethyl adjacent to an activating group) is 1. The summed E-state index contributed by atoms with van der Waals surface area (Å²) in [7, 11) is 0. The normalized spacial score (nSPS) is 20.2. The molecule has 1 aromatic heterocycles. The highest BCUT2D eigenvalue weighted by Gasteiger charge is 2.32. The van der Waals surface area contributed by atoms with Crippen molar-refractivity contribution in [2.24, 2.45) is 0 Å². The number of rotatable bonds is 6. The van der Waals surface area contributed by atoms with Crippen LogP contribution < -0.4 is 20.9 Å². The molecule has 8 nitrogen and oxygen atoms in total. The van der Waals surface area contributed by atoms with Gasteiger partial charge in [0.15, 0.2) is 0 Å². The van der Waals surface area contributed by atoms with E-state index < -0.39 is 0 Å². The summed E-state index contributed by atoms with van der Waals surface area (Å²) < 4.78 is 0. The number of hydrogen-bond acceptors (Lipinski definition) is 6. The predicted molar refractivity (Wildman–Crippen MR) is 121 cm³/mol. The molecule has 1 saturated heterocycles. The van der Waals surface area contributed by atoms with E-state index in [1.165, 1.54) is 6.42 Å². The summed E-state index contributed by atoms with van der Waals surface area (Å²) in [6, 6.07) is 8.34. The number of amides is 2. The Morgan fingerprint density at radius 2 is 1.87 bits per heavy atom. The minimum Gasteiger partial charge on any atom is -0.356 e. The van der Waals surface area contributed by atoms with Gasteiger partial charge in [0.25, 0.3) is 5.91 Å². The third-order valence-corrected chi connectivity index (χ3v) is 6.00. The van der Waals surface area contributed by atoms with Gasteiger partial charge in [-0.2, -0.15) is 4.98 Å². The lowest BCUT2D eigenvalue weighted by molar-refractivity contribution is -0.120. The average Bonchev–Trinajstić information content (AvgIpc) is 3.11. The van der Waals surface area contributed by atoms with E-state index in [2.05, 4.69) is 34.7 Å². The lowest BCUT2D eigenvalue weighted by atomic mass is 9.98. The number of benzene rings is 1. The number of fused-ring (bicyclic) bond motifs is 1. The van der Waals surface area contributed by atoms with Gasteiger partial charge >= 0.3 is 0 Å². The van der Waals surface area contributed by atoms with Gasteiger partial charge in [0.05, 0.1) is 18.7 Å². The third-order valence-electron chi connectivity index (χ3n) is 6.00. The number of carbonyl (C=O) groups is 2. The summed E-state index contributed by atoms with van der Waals surface area (Å²) in [6.45, 7) is 7.35. The summed E-state index contributed by atoms with van der Waals surface area (Å²) in [5.41, 5.74) is 2.98. The molecule has 8 heteroatoms. The van der Waals surface area contributed by atoms with E-state index in [1.54, 1.807) is 0 Å². The fourth-order valence-corrected chi connectivity index (χ4v) is 4.42.